The number of nitrogens with one attached hydrogen (secondary N) is 1. The molecule has 4 N–H and O–H groups in total. The summed E-state index contributed by atoms with van der Waals surface area (Å²) in [5.74, 6) is -1.67. The number of para-hydroxylation sites is 1. The van der Waals surface area contributed by atoms with Crippen molar-refractivity contribution in [2.45, 2.75) is 13.0 Å². The lowest BCUT2D eigenvalue weighted by atomic mass is 10.2. The molecule has 0 unspecified atom stereocenters. The van der Waals surface area contributed by atoms with Gasteiger partial charge in [0.2, 0.25) is 5.91 Å². The van der Waals surface area contributed by atoms with E-state index in [9.17, 15) is 9.59 Å². The molecule has 0 aliphatic rings. The number of anilines is 1. The molecule has 80 valence electrons. The number of carboxylic acid groups (broad SMARTS) is 1. The zero-order valence-corrected chi connectivity index (χ0v) is 8.06. The van der Waals surface area contributed by atoms with Crippen LogP contribution >= 0.6 is 0 Å². The Labute approximate surface area is 86.9 Å². The van der Waals surface area contributed by atoms with Crippen LogP contribution in [-0.2, 0) is 16.1 Å². The predicted molar refractivity (Wildman–Crippen MR) is 55.0 cm³/mol. The fourth-order valence-corrected chi connectivity index (χ4v) is 1.09. The Morgan fingerprint density at radius 1 is 1.33 bits per heavy atom. The van der Waals surface area contributed by atoms with Crippen molar-refractivity contribution in [1.82, 2.24) is 5.32 Å². The first-order valence-corrected chi connectivity index (χ1v) is 4.41. The molecule has 5 heteroatoms. The summed E-state index contributed by atoms with van der Waals surface area (Å²) in [6, 6.07) is 7.09. The molecule has 1 amide bonds. The molecule has 0 radical (unpaired) electrons. The number of nitrogens with two attached hydrogens (primary N) is 1. The number of hydrogen-bond acceptors (Lipinski definition) is 3. The van der Waals surface area contributed by atoms with Crippen molar-refractivity contribution >= 4 is 17.6 Å². The average molecular weight is 208 g/mol. The Bertz CT molecular complexity index is 377. The number of hydrogen-bond donors (Lipinski definition) is 3. The Morgan fingerprint density at radius 3 is 2.60 bits per heavy atom. The maximum Gasteiger partial charge on any atom is 0.312 e. The third-order valence-electron chi connectivity index (χ3n) is 1.84. The van der Waals surface area contributed by atoms with Crippen LogP contribution in [0.3, 0.4) is 0 Å². The van der Waals surface area contributed by atoms with Gasteiger partial charge in [0.15, 0.2) is 0 Å². The summed E-state index contributed by atoms with van der Waals surface area (Å²) in [4.78, 5) is 21.2. The quantitative estimate of drug-likeness (QED) is 0.492. The molecule has 0 aliphatic heterocycles. The highest BCUT2D eigenvalue weighted by molar-refractivity contribution is 5.93. The van der Waals surface area contributed by atoms with Crippen molar-refractivity contribution < 1.29 is 14.7 Å². The highest BCUT2D eigenvalue weighted by Crippen LogP contribution is 2.09. The molecular formula is C10H12N2O3. The lowest BCUT2D eigenvalue weighted by molar-refractivity contribution is -0.140. The van der Waals surface area contributed by atoms with Gasteiger partial charge in [0.05, 0.1) is 0 Å². The molecule has 0 spiro atoms. The Hall–Kier alpha value is -2.04. The summed E-state index contributed by atoms with van der Waals surface area (Å²) in [7, 11) is 0. The number of aliphatic carboxylic acids is 1. The van der Waals surface area contributed by atoms with Crippen LogP contribution in [-0.4, -0.2) is 17.0 Å². The maximum absolute atomic E-state index is 11.0. The number of benzene rings is 1. The zero-order chi connectivity index (χ0) is 11.3. The summed E-state index contributed by atoms with van der Waals surface area (Å²) >= 11 is 0. The van der Waals surface area contributed by atoms with E-state index in [1.165, 1.54) is 0 Å². The smallest absolute Gasteiger partial charge is 0.312 e. The minimum atomic E-state index is -1.14. The summed E-state index contributed by atoms with van der Waals surface area (Å²) in [5.41, 5.74) is 6.99. The third-order valence-corrected chi connectivity index (χ3v) is 1.84. The van der Waals surface area contributed by atoms with Crippen LogP contribution in [0.15, 0.2) is 24.3 Å². The van der Waals surface area contributed by atoms with Crippen molar-refractivity contribution in [3.05, 3.63) is 29.8 Å². The number of carboxylic acids is 1. The van der Waals surface area contributed by atoms with Crippen molar-refractivity contribution in [3.63, 3.8) is 0 Å². The molecule has 1 aromatic carbocycles. The topological polar surface area (TPSA) is 92.4 Å². The standard InChI is InChI=1S/C10H12N2O3/c11-8-4-2-1-3-7(8)6-12-9(13)5-10(14)15/h1-4H,5-6,11H2,(H,12,13)(H,14,15). The molecule has 1 rings (SSSR count). The second-order valence-electron chi connectivity index (χ2n) is 3.05. The number of nitrogen functional groups attached to an aromatic ring is 1. The third kappa shape index (κ3) is 3.68. The molecule has 0 saturated carbocycles. The van der Waals surface area contributed by atoms with Gasteiger partial charge in [-0.05, 0) is 11.6 Å². The van der Waals surface area contributed by atoms with Crippen LogP contribution in [0.5, 0.6) is 0 Å². The first-order chi connectivity index (χ1) is 7.09. The number of amides is 1. The van der Waals surface area contributed by atoms with E-state index in [1.54, 1.807) is 24.3 Å². The second-order valence-corrected chi connectivity index (χ2v) is 3.05. The Morgan fingerprint density at radius 2 is 2.00 bits per heavy atom. The van der Waals surface area contributed by atoms with Gasteiger partial charge in [-0.2, -0.15) is 0 Å². The molecule has 15 heavy (non-hydrogen) atoms. The van der Waals surface area contributed by atoms with Crippen molar-refractivity contribution in [3.8, 4) is 0 Å². The summed E-state index contributed by atoms with van der Waals surface area (Å²) in [6.07, 6.45) is -0.521. The average Bonchev–Trinajstić information content (AvgIpc) is 2.15. The van der Waals surface area contributed by atoms with Crippen LogP contribution in [0.2, 0.25) is 0 Å². The highest BCUT2D eigenvalue weighted by atomic mass is 16.4. The van der Waals surface area contributed by atoms with Gasteiger partial charge < -0.3 is 16.2 Å². The number of carbonyl (C=O) groups excluding carboxylic acids is 1. The van der Waals surface area contributed by atoms with Gasteiger partial charge in [0, 0.05) is 12.2 Å². The van der Waals surface area contributed by atoms with Gasteiger partial charge in [-0.15, -0.1) is 0 Å². The number of rotatable bonds is 4. The number of carbonyl (C=O) groups is 2. The van der Waals surface area contributed by atoms with Crippen LogP contribution in [0.4, 0.5) is 5.69 Å². The minimum Gasteiger partial charge on any atom is -0.481 e. The van der Waals surface area contributed by atoms with E-state index in [4.69, 9.17) is 10.8 Å². The molecular weight excluding hydrogens is 196 g/mol. The van der Waals surface area contributed by atoms with Gasteiger partial charge >= 0.3 is 5.97 Å². The van der Waals surface area contributed by atoms with E-state index >= 15 is 0 Å². The SMILES string of the molecule is Nc1ccccc1CNC(=O)CC(=O)O. The summed E-state index contributed by atoms with van der Waals surface area (Å²) in [5, 5.41) is 10.8. The fourth-order valence-electron chi connectivity index (χ4n) is 1.09. The largest absolute Gasteiger partial charge is 0.481 e. The molecule has 0 aromatic heterocycles. The van der Waals surface area contributed by atoms with Crippen LogP contribution in [0.1, 0.15) is 12.0 Å². The van der Waals surface area contributed by atoms with E-state index < -0.39 is 18.3 Å². The predicted octanol–water partition coefficient (Wildman–Crippen LogP) is 0.360. The van der Waals surface area contributed by atoms with Crippen molar-refractivity contribution in [2.75, 3.05) is 5.73 Å². The van der Waals surface area contributed by atoms with E-state index in [2.05, 4.69) is 5.32 Å². The highest BCUT2D eigenvalue weighted by Gasteiger charge is 2.07. The van der Waals surface area contributed by atoms with E-state index in [1.807, 2.05) is 0 Å². The second kappa shape index (κ2) is 4.99. The first-order valence-electron chi connectivity index (χ1n) is 4.41. The lowest BCUT2D eigenvalue weighted by Gasteiger charge is -2.06. The monoisotopic (exact) mass is 208 g/mol. The van der Waals surface area contributed by atoms with Gasteiger partial charge in [0.1, 0.15) is 6.42 Å². The minimum absolute atomic E-state index is 0.249. The van der Waals surface area contributed by atoms with E-state index in [0.29, 0.717) is 5.69 Å². The molecule has 0 fully saturated rings. The van der Waals surface area contributed by atoms with Crippen LogP contribution < -0.4 is 11.1 Å². The van der Waals surface area contributed by atoms with Gasteiger partial charge in [-0.25, -0.2) is 0 Å². The molecule has 0 bridgehead atoms. The van der Waals surface area contributed by atoms with Gasteiger partial charge in [0.25, 0.3) is 0 Å². The first kappa shape index (κ1) is 11.0. The molecule has 0 saturated heterocycles. The Kier molecular flexibility index (Phi) is 3.68. The normalized spacial score (nSPS) is 9.60. The Balaban J connectivity index is 2.47. The van der Waals surface area contributed by atoms with Crippen LogP contribution in [0.25, 0.3) is 0 Å². The molecule has 5 nitrogen and oxygen atoms in total. The molecule has 0 atom stereocenters. The molecule has 0 aliphatic carbocycles. The van der Waals surface area contributed by atoms with E-state index in [-0.39, 0.29) is 6.54 Å². The van der Waals surface area contributed by atoms with E-state index in [0.717, 1.165) is 5.56 Å². The fraction of sp³-hybridized carbons (Fsp3) is 0.200. The van der Waals surface area contributed by atoms with Gasteiger partial charge in [-0.1, -0.05) is 18.2 Å². The molecule has 1 aromatic rings. The summed E-state index contributed by atoms with van der Waals surface area (Å²) in [6.45, 7) is 0.249. The van der Waals surface area contributed by atoms with Crippen LogP contribution in [0, 0.1) is 0 Å². The molecule has 0 heterocycles. The lowest BCUT2D eigenvalue weighted by Crippen LogP contribution is -2.25. The van der Waals surface area contributed by atoms with Crippen molar-refractivity contribution in [1.29, 1.82) is 0 Å². The zero-order valence-electron chi connectivity index (χ0n) is 8.06. The maximum atomic E-state index is 11.0. The van der Waals surface area contributed by atoms with Crippen molar-refractivity contribution in [2.24, 2.45) is 0 Å². The van der Waals surface area contributed by atoms with Gasteiger partial charge in [-0.3, -0.25) is 9.59 Å². The summed E-state index contributed by atoms with van der Waals surface area (Å²) < 4.78 is 0.